The maximum Gasteiger partial charge on any atom is 0.229 e. The Balaban J connectivity index is 1.44. The first-order valence-corrected chi connectivity index (χ1v) is 9.56. The molecule has 1 fully saturated rings. The predicted molar refractivity (Wildman–Crippen MR) is 109 cm³/mol. The van der Waals surface area contributed by atoms with Crippen LogP contribution >= 0.6 is 0 Å². The molecule has 2 aromatic heterocycles. The van der Waals surface area contributed by atoms with Gasteiger partial charge in [0.25, 0.3) is 0 Å². The van der Waals surface area contributed by atoms with E-state index in [1.54, 1.807) is 12.5 Å². The second-order valence-corrected chi connectivity index (χ2v) is 7.26. The van der Waals surface area contributed by atoms with Crippen molar-refractivity contribution in [3.05, 3.63) is 60.2 Å². The lowest BCUT2D eigenvalue weighted by Crippen LogP contribution is -2.41. The number of benzene rings is 1. The fourth-order valence-corrected chi connectivity index (χ4v) is 3.66. The highest BCUT2D eigenvalue weighted by Gasteiger charge is 2.27. The minimum absolute atomic E-state index is 0.0668. The second-order valence-electron chi connectivity index (χ2n) is 7.26. The molecule has 3 aromatic rings. The first kappa shape index (κ1) is 18.2. The summed E-state index contributed by atoms with van der Waals surface area (Å²) in [5.74, 6) is 1.53. The number of carbonyl (C=O) groups excluding carboxylic acids is 1. The zero-order chi connectivity index (χ0) is 19.5. The summed E-state index contributed by atoms with van der Waals surface area (Å²) in [7, 11) is 0. The Morgan fingerprint density at radius 1 is 1.11 bits per heavy atom. The summed E-state index contributed by atoms with van der Waals surface area (Å²) in [5.41, 5.74) is 3.10. The van der Waals surface area contributed by atoms with E-state index < -0.39 is 0 Å². The highest BCUT2D eigenvalue weighted by molar-refractivity contribution is 5.94. The normalized spacial score (nSPS) is 16.8. The summed E-state index contributed by atoms with van der Waals surface area (Å²) in [6.45, 7) is 5.57. The Morgan fingerprint density at radius 2 is 1.86 bits per heavy atom. The smallest absolute Gasteiger partial charge is 0.229 e. The van der Waals surface area contributed by atoms with Crippen molar-refractivity contribution in [1.29, 1.82) is 0 Å². The molecule has 1 amide bonds. The number of piperidine rings is 1. The van der Waals surface area contributed by atoms with Crippen molar-refractivity contribution in [2.75, 3.05) is 23.3 Å². The van der Waals surface area contributed by atoms with E-state index in [2.05, 4.69) is 25.4 Å². The Morgan fingerprint density at radius 3 is 2.54 bits per heavy atom. The number of nitrogens with one attached hydrogen (secondary N) is 1. The largest absolute Gasteiger partial charge is 0.354 e. The van der Waals surface area contributed by atoms with Crippen LogP contribution < -0.4 is 10.2 Å². The fraction of sp³-hybridized carbons (Fsp3) is 0.333. The second kappa shape index (κ2) is 7.80. The van der Waals surface area contributed by atoms with Crippen LogP contribution in [0.15, 0.2) is 49.1 Å². The summed E-state index contributed by atoms with van der Waals surface area (Å²) in [5, 5.41) is 11.8. The van der Waals surface area contributed by atoms with Crippen LogP contribution in [-0.4, -0.2) is 38.7 Å². The predicted octanol–water partition coefficient (Wildman–Crippen LogP) is 3.13. The molecule has 28 heavy (non-hydrogen) atoms. The van der Waals surface area contributed by atoms with Crippen molar-refractivity contribution < 1.29 is 4.79 Å². The van der Waals surface area contributed by atoms with Gasteiger partial charge in [-0.3, -0.25) is 9.36 Å². The van der Waals surface area contributed by atoms with Crippen molar-refractivity contribution in [2.24, 2.45) is 5.92 Å². The molecule has 3 heterocycles. The number of aryl methyl sites for hydroxylation is 2. The van der Waals surface area contributed by atoms with Crippen LogP contribution in [0.4, 0.5) is 11.5 Å². The maximum atomic E-state index is 12.9. The first-order valence-electron chi connectivity index (χ1n) is 9.56. The Labute approximate surface area is 164 Å². The quantitative estimate of drug-likeness (QED) is 0.757. The zero-order valence-electron chi connectivity index (χ0n) is 16.2. The topological polar surface area (TPSA) is 75.9 Å². The lowest BCUT2D eigenvalue weighted by Gasteiger charge is -2.32. The van der Waals surface area contributed by atoms with Gasteiger partial charge in [0.15, 0.2) is 11.6 Å². The SMILES string of the molecule is Cc1cccc(C)c1NC(=O)C1CCCN(c2ccc(-n3ccnc3)nn2)C1. The van der Waals surface area contributed by atoms with Gasteiger partial charge in [-0.25, -0.2) is 4.98 Å². The number of nitrogens with zero attached hydrogens (tertiary/aromatic N) is 5. The number of para-hydroxylation sites is 1. The van der Waals surface area contributed by atoms with Crippen LogP contribution in [0.3, 0.4) is 0 Å². The van der Waals surface area contributed by atoms with Gasteiger partial charge in [0.2, 0.25) is 5.91 Å². The third-order valence-electron chi connectivity index (χ3n) is 5.25. The van der Waals surface area contributed by atoms with Gasteiger partial charge in [-0.2, -0.15) is 0 Å². The van der Waals surface area contributed by atoms with E-state index in [0.29, 0.717) is 6.54 Å². The van der Waals surface area contributed by atoms with Crippen LogP contribution in [0.25, 0.3) is 5.82 Å². The highest BCUT2D eigenvalue weighted by atomic mass is 16.1. The number of imidazole rings is 1. The molecule has 1 saturated heterocycles. The average molecular weight is 376 g/mol. The van der Waals surface area contributed by atoms with E-state index in [4.69, 9.17) is 0 Å². The first-order chi connectivity index (χ1) is 13.6. The Kier molecular flexibility index (Phi) is 5.06. The van der Waals surface area contributed by atoms with Gasteiger partial charge in [-0.05, 0) is 49.9 Å². The van der Waals surface area contributed by atoms with Crippen molar-refractivity contribution >= 4 is 17.4 Å². The van der Waals surface area contributed by atoms with E-state index in [1.165, 1.54) is 0 Å². The monoisotopic (exact) mass is 376 g/mol. The van der Waals surface area contributed by atoms with E-state index in [0.717, 1.165) is 47.8 Å². The van der Waals surface area contributed by atoms with Gasteiger partial charge >= 0.3 is 0 Å². The van der Waals surface area contributed by atoms with Crippen molar-refractivity contribution in [3.8, 4) is 5.82 Å². The molecule has 144 valence electrons. The Hall–Kier alpha value is -3.22. The summed E-state index contributed by atoms with van der Waals surface area (Å²) in [4.78, 5) is 19.0. The van der Waals surface area contributed by atoms with Crippen LogP contribution in [0, 0.1) is 19.8 Å². The molecule has 0 aliphatic carbocycles. The summed E-state index contributed by atoms with van der Waals surface area (Å²) >= 11 is 0. The third kappa shape index (κ3) is 3.74. The number of carbonyl (C=O) groups is 1. The standard InChI is InChI=1S/C21H24N6O/c1-15-5-3-6-16(2)20(15)23-21(28)17-7-4-11-26(13-17)18-8-9-19(25-24-18)27-12-10-22-14-27/h3,5-6,8-10,12,14,17H,4,7,11,13H2,1-2H3,(H,23,28). The number of hydrogen-bond acceptors (Lipinski definition) is 5. The van der Waals surface area contributed by atoms with Crippen LogP contribution in [0.2, 0.25) is 0 Å². The minimum Gasteiger partial charge on any atom is -0.354 e. The third-order valence-corrected chi connectivity index (χ3v) is 5.25. The molecule has 1 unspecified atom stereocenters. The average Bonchev–Trinajstić information content (AvgIpc) is 3.26. The molecule has 0 spiro atoms. The lowest BCUT2D eigenvalue weighted by molar-refractivity contribution is -0.120. The number of rotatable bonds is 4. The number of aromatic nitrogens is 4. The van der Waals surface area contributed by atoms with Crippen molar-refractivity contribution in [1.82, 2.24) is 19.7 Å². The maximum absolute atomic E-state index is 12.9. The summed E-state index contributed by atoms with van der Waals surface area (Å²) in [6, 6.07) is 9.92. The van der Waals surface area contributed by atoms with Gasteiger partial charge < -0.3 is 10.2 Å². The van der Waals surface area contributed by atoms with Crippen LogP contribution in [0.1, 0.15) is 24.0 Å². The molecule has 7 nitrogen and oxygen atoms in total. The van der Waals surface area contributed by atoms with Crippen molar-refractivity contribution in [3.63, 3.8) is 0 Å². The summed E-state index contributed by atoms with van der Waals surface area (Å²) in [6.07, 6.45) is 7.07. The molecule has 7 heteroatoms. The fourth-order valence-electron chi connectivity index (χ4n) is 3.66. The highest BCUT2D eigenvalue weighted by Crippen LogP contribution is 2.25. The minimum atomic E-state index is -0.0668. The van der Waals surface area contributed by atoms with Crippen LogP contribution in [0.5, 0.6) is 0 Å². The molecule has 1 aliphatic heterocycles. The molecular formula is C21H24N6O. The number of anilines is 2. The molecule has 1 N–H and O–H groups in total. The van der Waals surface area contributed by atoms with E-state index in [1.807, 2.05) is 54.9 Å². The molecule has 1 aromatic carbocycles. The van der Waals surface area contributed by atoms with E-state index in [9.17, 15) is 4.79 Å². The number of hydrogen-bond donors (Lipinski definition) is 1. The lowest BCUT2D eigenvalue weighted by atomic mass is 9.96. The molecule has 1 aliphatic rings. The van der Waals surface area contributed by atoms with Crippen LogP contribution in [-0.2, 0) is 4.79 Å². The zero-order valence-corrected chi connectivity index (χ0v) is 16.2. The van der Waals surface area contributed by atoms with Gasteiger partial charge in [0.1, 0.15) is 6.33 Å². The Bertz CT molecular complexity index is 931. The molecule has 1 atom stereocenters. The number of amides is 1. The van der Waals surface area contributed by atoms with Gasteiger partial charge in [0, 0.05) is 31.2 Å². The van der Waals surface area contributed by atoms with Gasteiger partial charge in [-0.15, -0.1) is 10.2 Å². The van der Waals surface area contributed by atoms with Crippen molar-refractivity contribution in [2.45, 2.75) is 26.7 Å². The molecular weight excluding hydrogens is 352 g/mol. The molecule has 0 radical (unpaired) electrons. The molecule has 0 saturated carbocycles. The summed E-state index contributed by atoms with van der Waals surface area (Å²) < 4.78 is 1.81. The van der Waals surface area contributed by atoms with Gasteiger partial charge in [-0.1, -0.05) is 18.2 Å². The molecule has 4 rings (SSSR count). The van der Waals surface area contributed by atoms with E-state index >= 15 is 0 Å². The van der Waals surface area contributed by atoms with E-state index in [-0.39, 0.29) is 11.8 Å². The van der Waals surface area contributed by atoms with Gasteiger partial charge in [0.05, 0.1) is 5.92 Å². The molecule has 0 bridgehead atoms.